The van der Waals surface area contributed by atoms with Crippen LogP contribution in [-0.4, -0.2) is 66.8 Å². The van der Waals surface area contributed by atoms with Gasteiger partial charge in [0.25, 0.3) is 11.8 Å². The maximum Gasteiger partial charge on any atom is 0.417 e. The molecule has 0 radical (unpaired) electrons. The lowest BCUT2D eigenvalue weighted by Crippen LogP contribution is -2.53. The van der Waals surface area contributed by atoms with Crippen molar-refractivity contribution >= 4 is 17.5 Å². The van der Waals surface area contributed by atoms with Gasteiger partial charge in [0.05, 0.1) is 30.4 Å². The van der Waals surface area contributed by atoms with Crippen LogP contribution in [0.5, 0.6) is 0 Å². The van der Waals surface area contributed by atoms with Gasteiger partial charge in [0.15, 0.2) is 0 Å². The number of amides is 2. The zero-order valence-corrected chi connectivity index (χ0v) is 24.0. The minimum absolute atomic E-state index is 0.0772. The number of anilines is 1. The van der Waals surface area contributed by atoms with E-state index in [9.17, 15) is 27.9 Å². The van der Waals surface area contributed by atoms with Crippen molar-refractivity contribution in [2.75, 3.05) is 44.7 Å². The molecule has 3 N–H and O–H groups in total. The second-order valence-electron chi connectivity index (χ2n) is 11.1. The molecule has 44 heavy (non-hydrogen) atoms. The molecule has 5 rings (SSSR count). The third kappa shape index (κ3) is 6.94. The van der Waals surface area contributed by atoms with Crippen LogP contribution in [0.1, 0.15) is 39.9 Å². The normalized spacial score (nSPS) is 17.4. The molecule has 0 aliphatic carbocycles. The standard InChI is InChI=1S/C33H33F3N4O4/c34-33(35,36)29-19-28(8-7-26(29)21-37)39-31(42)32(43,27-9-11-38-12-10-27)20-22-3-1-4-23(17-22)24-5-2-6-25(18-24)30(41)40-13-15-44-16-14-40/h1-8,17-19,27,38,43H,9-16,20H2,(H,39,42). The summed E-state index contributed by atoms with van der Waals surface area (Å²) in [6.07, 6.45) is -3.87. The number of morpholine rings is 1. The molecule has 2 aliphatic rings. The number of nitrogens with zero attached hydrogens (tertiary/aromatic N) is 2. The fourth-order valence-corrected chi connectivity index (χ4v) is 5.86. The van der Waals surface area contributed by atoms with Crippen LogP contribution in [0.4, 0.5) is 18.9 Å². The van der Waals surface area contributed by atoms with Crippen LogP contribution in [0.2, 0.25) is 0 Å². The number of alkyl halides is 3. The highest BCUT2D eigenvalue weighted by molar-refractivity contribution is 5.98. The van der Waals surface area contributed by atoms with Gasteiger partial charge in [-0.3, -0.25) is 9.59 Å². The molecular formula is C33H33F3N4O4. The van der Waals surface area contributed by atoms with E-state index in [2.05, 4.69) is 10.6 Å². The first-order chi connectivity index (χ1) is 21.1. The smallest absolute Gasteiger partial charge is 0.379 e. The van der Waals surface area contributed by atoms with Crippen LogP contribution in [0.3, 0.4) is 0 Å². The summed E-state index contributed by atoms with van der Waals surface area (Å²) in [5, 5.41) is 26.8. The molecule has 11 heteroatoms. The third-order valence-corrected chi connectivity index (χ3v) is 8.25. The summed E-state index contributed by atoms with van der Waals surface area (Å²) < 4.78 is 46.0. The lowest BCUT2D eigenvalue weighted by Gasteiger charge is -2.37. The summed E-state index contributed by atoms with van der Waals surface area (Å²) in [5.74, 6) is -1.35. The number of nitrogens with one attached hydrogen (secondary N) is 2. The molecule has 2 amide bonds. The molecule has 1 atom stereocenters. The number of nitriles is 1. The van der Waals surface area contributed by atoms with Gasteiger partial charge in [0.1, 0.15) is 5.60 Å². The largest absolute Gasteiger partial charge is 0.417 e. The van der Waals surface area contributed by atoms with Crippen LogP contribution in [0.15, 0.2) is 66.7 Å². The fraction of sp³-hybridized carbons (Fsp3) is 0.364. The van der Waals surface area contributed by atoms with E-state index in [1.165, 1.54) is 12.1 Å². The molecule has 2 heterocycles. The van der Waals surface area contributed by atoms with E-state index in [1.807, 2.05) is 24.3 Å². The Morgan fingerprint density at radius 3 is 2.36 bits per heavy atom. The van der Waals surface area contributed by atoms with Gasteiger partial charge in [-0.1, -0.05) is 36.4 Å². The van der Waals surface area contributed by atoms with E-state index in [4.69, 9.17) is 10.00 Å². The van der Waals surface area contributed by atoms with Gasteiger partial charge in [0.2, 0.25) is 0 Å². The molecular weight excluding hydrogens is 573 g/mol. The Morgan fingerprint density at radius 2 is 1.68 bits per heavy atom. The molecule has 0 saturated carbocycles. The number of piperidine rings is 1. The number of halogens is 3. The first-order valence-corrected chi connectivity index (χ1v) is 14.5. The monoisotopic (exact) mass is 606 g/mol. The van der Waals surface area contributed by atoms with Crippen molar-refractivity contribution in [1.82, 2.24) is 10.2 Å². The number of carbonyl (C=O) groups is 2. The molecule has 0 bridgehead atoms. The van der Waals surface area contributed by atoms with Crippen molar-refractivity contribution in [2.45, 2.75) is 31.0 Å². The Hall–Kier alpha value is -4.24. The summed E-state index contributed by atoms with van der Waals surface area (Å²) in [7, 11) is 0. The molecule has 3 aromatic rings. The highest BCUT2D eigenvalue weighted by atomic mass is 19.4. The van der Waals surface area contributed by atoms with Crippen LogP contribution >= 0.6 is 0 Å². The quantitative estimate of drug-likeness (QED) is 0.362. The van der Waals surface area contributed by atoms with Crippen LogP contribution in [0.25, 0.3) is 11.1 Å². The van der Waals surface area contributed by atoms with E-state index >= 15 is 0 Å². The molecule has 2 saturated heterocycles. The average molecular weight is 607 g/mol. The number of hydrogen-bond acceptors (Lipinski definition) is 6. The lowest BCUT2D eigenvalue weighted by atomic mass is 9.76. The van der Waals surface area contributed by atoms with Gasteiger partial charge in [-0.05, 0) is 78.9 Å². The molecule has 8 nitrogen and oxygen atoms in total. The second-order valence-corrected chi connectivity index (χ2v) is 11.1. The molecule has 2 fully saturated rings. The van der Waals surface area contributed by atoms with E-state index in [1.54, 1.807) is 29.2 Å². The highest BCUT2D eigenvalue weighted by Crippen LogP contribution is 2.36. The summed E-state index contributed by atoms with van der Waals surface area (Å²) in [6, 6.07) is 19.0. The van der Waals surface area contributed by atoms with E-state index in [0.717, 1.165) is 17.2 Å². The number of rotatable bonds is 7. The number of carbonyl (C=O) groups excluding carboxylic acids is 2. The van der Waals surface area contributed by atoms with E-state index in [0.29, 0.717) is 69.4 Å². The average Bonchev–Trinajstić information content (AvgIpc) is 3.05. The van der Waals surface area contributed by atoms with Crippen molar-refractivity contribution < 1.29 is 32.6 Å². The van der Waals surface area contributed by atoms with Gasteiger partial charge >= 0.3 is 6.18 Å². The van der Waals surface area contributed by atoms with Crippen molar-refractivity contribution in [3.05, 3.63) is 89.0 Å². The summed E-state index contributed by atoms with van der Waals surface area (Å²) in [5.41, 5.74) is -1.04. The Balaban J connectivity index is 1.41. The molecule has 0 aromatic heterocycles. The Morgan fingerprint density at radius 1 is 1.00 bits per heavy atom. The lowest BCUT2D eigenvalue weighted by molar-refractivity contribution is -0.141. The van der Waals surface area contributed by atoms with E-state index in [-0.39, 0.29) is 18.0 Å². The first-order valence-electron chi connectivity index (χ1n) is 14.5. The van der Waals surface area contributed by atoms with E-state index < -0.39 is 34.7 Å². The highest BCUT2D eigenvalue weighted by Gasteiger charge is 2.44. The Kier molecular flexibility index (Phi) is 9.34. The zero-order valence-electron chi connectivity index (χ0n) is 24.0. The van der Waals surface area contributed by atoms with Crippen LogP contribution in [0, 0.1) is 17.2 Å². The first kappa shape index (κ1) is 31.2. The predicted molar refractivity (Wildman–Crippen MR) is 158 cm³/mol. The molecule has 0 spiro atoms. The topological polar surface area (TPSA) is 115 Å². The van der Waals surface area contributed by atoms with Crippen molar-refractivity contribution in [3.63, 3.8) is 0 Å². The molecule has 230 valence electrons. The number of hydrogen-bond donors (Lipinski definition) is 3. The summed E-state index contributed by atoms with van der Waals surface area (Å²) >= 11 is 0. The molecule has 2 aliphatic heterocycles. The number of aliphatic hydroxyl groups is 1. The van der Waals surface area contributed by atoms with Crippen LogP contribution < -0.4 is 10.6 Å². The third-order valence-electron chi connectivity index (χ3n) is 8.25. The van der Waals surface area contributed by atoms with Gasteiger partial charge in [-0.25, -0.2) is 0 Å². The Labute approximate surface area is 253 Å². The summed E-state index contributed by atoms with van der Waals surface area (Å²) in [4.78, 5) is 28.5. The minimum Gasteiger partial charge on any atom is -0.379 e. The van der Waals surface area contributed by atoms with Gasteiger partial charge in [-0.15, -0.1) is 0 Å². The molecule has 1 unspecified atom stereocenters. The maximum atomic E-state index is 13.7. The fourth-order valence-electron chi connectivity index (χ4n) is 5.86. The second kappa shape index (κ2) is 13.2. The zero-order chi connectivity index (χ0) is 31.3. The molecule has 3 aromatic carbocycles. The van der Waals surface area contributed by atoms with Crippen molar-refractivity contribution in [1.29, 1.82) is 5.26 Å². The SMILES string of the molecule is N#Cc1ccc(NC(=O)C(O)(Cc2cccc(-c3cccc(C(=O)N4CCOCC4)c3)c2)C2CCNCC2)cc1C(F)(F)F. The van der Waals surface area contributed by atoms with Gasteiger partial charge in [0, 0.05) is 30.8 Å². The minimum atomic E-state index is -4.79. The Bertz CT molecular complexity index is 1560. The van der Waals surface area contributed by atoms with Crippen LogP contribution in [-0.2, 0) is 22.1 Å². The van der Waals surface area contributed by atoms with Crippen molar-refractivity contribution in [3.8, 4) is 17.2 Å². The number of ether oxygens (including phenoxy) is 1. The van der Waals surface area contributed by atoms with Crippen molar-refractivity contribution in [2.24, 2.45) is 5.92 Å². The van der Waals surface area contributed by atoms with Gasteiger partial charge in [-0.2, -0.15) is 18.4 Å². The summed E-state index contributed by atoms with van der Waals surface area (Å²) in [6.45, 7) is 3.20. The predicted octanol–water partition coefficient (Wildman–Crippen LogP) is 4.63. The number of benzene rings is 3. The van der Waals surface area contributed by atoms with Gasteiger partial charge < -0.3 is 25.4 Å². The maximum absolute atomic E-state index is 13.7.